The third-order valence-corrected chi connectivity index (χ3v) is 5.38. The van der Waals surface area contributed by atoms with Crippen molar-refractivity contribution in [1.29, 1.82) is 0 Å². The number of hydrogen-bond acceptors (Lipinski definition) is 3. The lowest BCUT2D eigenvalue weighted by Gasteiger charge is -2.32. The van der Waals surface area contributed by atoms with Crippen LogP contribution in [0.3, 0.4) is 0 Å². The van der Waals surface area contributed by atoms with Crippen LogP contribution in [0, 0.1) is 11.6 Å². The maximum Gasteiger partial charge on any atom is 0.525 e. The van der Waals surface area contributed by atoms with Crippen LogP contribution in [0.2, 0.25) is 0 Å². The van der Waals surface area contributed by atoms with Gasteiger partial charge in [-0.15, -0.1) is 0 Å². The maximum absolute atomic E-state index is 15.5. The highest BCUT2D eigenvalue weighted by atomic mass is 19.1. The molecule has 0 unspecified atom stereocenters. The number of benzene rings is 2. The SMILES string of the molecule is CC1(C)OB(C(F)=C(CCOc2ccccc2)c2c(F)cccc2F)OC1(C)C. The van der Waals surface area contributed by atoms with Crippen molar-refractivity contribution in [3.8, 4) is 5.75 Å². The molecule has 0 bridgehead atoms. The van der Waals surface area contributed by atoms with E-state index in [0.717, 1.165) is 12.1 Å². The average Bonchev–Trinajstić information content (AvgIpc) is 2.88. The van der Waals surface area contributed by atoms with E-state index >= 15 is 4.39 Å². The molecule has 0 aromatic heterocycles. The number of halogens is 3. The first-order chi connectivity index (χ1) is 13.6. The monoisotopic (exact) mass is 404 g/mol. The molecule has 0 amide bonds. The van der Waals surface area contributed by atoms with Gasteiger partial charge in [-0.1, -0.05) is 24.3 Å². The Bertz CT molecular complexity index is 861. The van der Waals surface area contributed by atoms with E-state index in [1.54, 1.807) is 52.0 Å². The van der Waals surface area contributed by atoms with Gasteiger partial charge in [0.25, 0.3) is 0 Å². The van der Waals surface area contributed by atoms with E-state index in [2.05, 4.69) is 0 Å². The molecule has 1 aliphatic heterocycles. The van der Waals surface area contributed by atoms with Crippen LogP contribution in [0.5, 0.6) is 5.75 Å². The Labute approximate surface area is 169 Å². The smallest absolute Gasteiger partial charge is 0.493 e. The summed E-state index contributed by atoms with van der Waals surface area (Å²) in [7, 11) is -1.36. The summed E-state index contributed by atoms with van der Waals surface area (Å²) in [6.45, 7) is 7.15. The molecular formula is C22H24BF3O3. The van der Waals surface area contributed by atoms with Crippen molar-refractivity contribution in [2.45, 2.75) is 45.3 Å². The van der Waals surface area contributed by atoms with Gasteiger partial charge in [0.1, 0.15) is 23.1 Å². The Morgan fingerprint density at radius 1 is 0.897 bits per heavy atom. The number of para-hydroxylation sites is 1. The minimum atomic E-state index is -1.36. The van der Waals surface area contributed by atoms with Gasteiger partial charge in [0, 0.05) is 6.42 Å². The van der Waals surface area contributed by atoms with E-state index < -0.39 is 41.2 Å². The Balaban J connectivity index is 1.93. The van der Waals surface area contributed by atoms with Crippen LogP contribution in [0.15, 0.2) is 54.3 Å². The normalized spacial score (nSPS) is 18.5. The van der Waals surface area contributed by atoms with Gasteiger partial charge in [0.15, 0.2) is 0 Å². The fourth-order valence-corrected chi connectivity index (χ4v) is 3.03. The van der Waals surface area contributed by atoms with Crippen molar-refractivity contribution in [2.75, 3.05) is 6.61 Å². The van der Waals surface area contributed by atoms with E-state index in [1.165, 1.54) is 6.07 Å². The molecule has 0 radical (unpaired) electrons. The van der Waals surface area contributed by atoms with Gasteiger partial charge in [-0.3, -0.25) is 0 Å². The quantitative estimate of drug-likeness (QED) is 0.575. The highest BCUT2D eigenvalue weighted by Crippen LogP contribution is 2.41. The first-order valence-corrected chi connectivity index (χ1v) is 9.49. The first kappa shape index (κ1) is 21.5. The van der Waals surface area contributed by atoms with Crippen LogP contribution in [0.25, 0.3) is 5.57 Å². The zero-order chi connectivity index (χ0) is 21.2. The molecule has 2 aromatic carbocycles. The molecule has 0 N–H and O–H groups in total. The molecule has 1 aliphatic rings. The van der Waals surface area contributed by atoms with Crippen molar-refractivity contribution in [1.82, 2.24) is 0 Å². The van der Waals surface area contributed by atoms with Crippen molar-refractivity contribution < 1.29 is 27.2 Å². The summed E-state index contributed by atoms with van der Waals surface area (Å²) in [5.41, 5.74) is -3.03. The number of ether oxygens (including phenoxy) is 1. The summed E-state index contributed by atoms with van der Waals surface area (Å²) in [5.74, 6) is -1.13. The predicted octanol–water partition coefficient (Wildman–Crippen LogP) is 5.75. The second-order valence-corrected chi connectivity index (χ2v) is 7.92. The largest absolute Gasteiger partial charge is 0.525 e. The Morgan fingerprint density at radius 2 is 1.45 bits per heavy atom. The lowest BCUT2D eigenvalue weighted by molar-refractivity contribution is 0.00578. The summed E-state index contributed by atoms with van der Waals surface area (Å²) < 4.78 is 61.4. The molecule has 1 saturated heterocycles. The van der Waals surface area contributed by atoms with Crippen LogP contribution < -0.4 is 4.74 Å². The number of rotatable bonds is 6. The van der Waals surface area contributed by atoms with Gasteiger partial charge in [0.05, 0.1) is 23.4 Å². The van der Waals surface area contributed by atoms with Gasteiger partial charge in [-0.25, -0.2) is 13.2 Å². The molecule has 2 aromatic rings. The molecule has 0 aliphatic carbocycles. The summed E-state index contributed by atoms with van der Waals surface area (Å²) in [5, 5.41) is 0. The fourth-order valence-electron chi connectivity index (χ4n) is 3.03. The van der Waals surface area contributed by atoms with Gasteiger partial charge < -0.3 is 14.0 Å². The molecule has 29 heavy (non-hydrogen) atoms. The molecule has 154 valence electrons. The van der Waals surface area contributed by atoms with Crippen LogP contribution in [0.1, 0.15) is 39.7 Å². The lowest BCUT2D eigenvalue weighted by Crippen LogP contribution is -2.41. The van der Waals surface area contributed by atoms with Crippen LogP contribution >= 0.6 is 0 Å². The van der Waals surface area contributed by atoms with Crippen LogP contribution in [-0.4, -0.2) is 24.9 Å². The average molecular weight is 404 g/mol. The summed E-state index contributed by atoms with van der Waals surface area (Å²) in [6, 6.07) is 12.3. The van der Waals surface area contributed by atoms with Gasteiger partial charge >= 0.3 is 7.12 Å². The summed E-state index contributed by atoms with van der Waals surface area (Å²) >= 11 is 0. The fraction of sp³-hybridized carbons (Fsp3) is 0.364. The van der Waals surface area contributed by atoms with Gasteiger partial charge in [0.2, 0.25) is 0 Å². The van der Waals surface area contributed by atoms with Crippen molar-refractivity contribution >= 4 is 12.7 Å². The Hall–Kier alpha value is -2.25. The maximum atomic E-state index is 15.5. The van der Waals surface area contributed by atoms with E-state index in [4.69, 9.17) is 14.0 Å². The standard InChI is InChI=1S/C22H24BF3O3/c1-21(2)22(3,4)29-23(28-21)20(26)16(19-17(24)11-8-12-18(19)25)13-14-27-15-9-6-5-7-10-15/h5-12H,13-14H2,1-4H3. The third kappa shape index (κ3) is 4.51. The molecule has 0 atom stereocenters. The van der Waals surface area contributed by atoms with Gasteiger partial charge in [-0.2, -0.15) is 0 Å². The zero-order valence-corrected chi connectivity index (χ0v) is 17.0. The van der Waals surface area contributed by atoms with Crippen LogP contribution in [-0.2, 0) is 9.31 Å². The van der Waals surface area contributed by atoms with E-state index in [-0.39, 0.29) is 18.6 Å². The van der Waals surface area contributed by atoms with Crippen LogP contribution in [0.4, 0.5) is 13.2 Å². The van der Waals surface area contributed by atoms with E-state index in [9.17, 15) is 8.78 Å². The minimum absolute atomic E-state index is 0.0278. The zero-order valence-electron chi connectivity index (χ0n) is 17.0. The third-order valence-electron chi connectivity index (χ3n) is 5.38. The second-order valence-electron chi connectivity index (χ2n) is 7.92. The Morgan fingerprint density at radius 3 is 2.00 bits per heavy atom. The lowest BCUT2D eigenvalue weighted by atomic mass is 9.81. The molecule has 0 spiro atoms. The molecule has 3 nitrogen and oxygen atoms in total. The molecule has 3 rings (SSSR count). The highest BCUT2D eigenvalue weighted by Gasteiger charge is 2.53. The van der Waals surface area contributed by atoms with Gasteiger partial charge in [-0.05, 0) is 57.5 Å². The predicted molar refractivity (Wildman–Crippen MR) is 107 cm³/mol. The number of hydrogen-bond donors (Lipinski definition) is 0. The second kappa shape index (κ2) is 8.24. The summed E-state index contributed by atoms with van der Waals surface area (Å²) in [6.07, 6.45) is -0.0668. The Kier molecular flexibility index (Phi) is 6.10. The van der Waals surface area contributed by atoms with Crippen molar-refractivity contribution in [2.24, 2.45) is 0 Å². The molecule has 1 fully saturated rings. The molecule has 1 heterocycles. The van der Waals surface area contributed by atoms with E-state index in [0.29, 0.717) is 5.75 Å². The topological polar surface area (TPSA) is 27.7 Å². The highest BCUT2D eigenvalue weighted by molar-refractivity contribution is 6.55. The first-order valence-electron chi connectivity index (χ1n) is 9.49. The van der Waals surface area contributed by atoms with Crippen molar-refractivity contribution in [3.63, 3.8) is 0 Å². The molecule has 7 heteroatoms. The van der Waals surface area contributed by atoms with Crippen molar-refractivity contribution in [3.05, 3.63) is 71.5 Å². The molecule has 0 saturated carbocycles. The minimum Gasteiger partial charge on any atom is -0.493 e. The molecular weight excluding hydrogens is 380 g/mol. The summed E-state index contributed by atoms with van der Waals surface area (Å²) in [4.78, 5) is 0. The van der Waals surface area contributed by atoms with E-state index in [1.807, 2.05) is 6.07 Å².